The maximum Gasteiger partial charge on any atom is 0.276 e. The molecule has 1 aliphatic carbocycles. The van der Waals surface area contributed by atoms with Crippen molar-refractivity contribution in [3.8, 4) is 0 Å². The van der Waals surface area contributed by atoms with E-state index in [0.29, 0.717) is 17.4 Å². The van der Waals surface area contributed by atoms with Crippen LogP contribution in [0, 0.1) is 5.92 Å². The number of hydrogen-bond acceptors (Lipinski definition) is 3. The minimum Gasteiger partial charge on any atom is -0.395 e. The summed E-state index contributed by atoms with van der Waals surface area (Å²) in [7, 11) is 1.86. The van der Waals surface area contributed by atoms with Gasteiger partial charge in [0, 0.05) is 13.1 Å². The van der Waals surface area contributed by atoms with Crippen molar-refractivity contribution in [2.45, 2.75) is 52.0 Å². The van der Waals surface area contributed by atoms with Crippen LogP contribution in [0.3, 0.4) is 0 Å². The van der Waals surface area contributed by atoms with Crippen LogP contribution in [0.15, 0.2) is 0 Å². The van der Waals surface area contributed by atoms with Gasteiger partial charge in [0.1, 0.15) is 0 Å². The lowest BCUT2D eigenvalue weighted by Crippen LogP contribution is -2.39. The Morgan fingerprint density at radius 1 is 1.42 bits per heavy atom. The molecule has 0 aromatic carbocycles. The number of carbonyl (C=O) groups is 1. The molecule has 19 heavy (non-hydrogen) atoms. The summed E-state index contributed by atoms with van der Waals surface area (Å²) in [6, 6.07) is 0.324. The van der Waals surface area contributed by atoms with Crippen LogP contribution in [0.25, 0.3) is 0 Å². The second kappa shape index (κ2) is 5.63. The Hall–Kier alpha value is -1.52. The summed E-state index contributed by atoms with van der Waals surface area (Å²) < 4.78 is 0. The molecule has 1 saturated carbocycles. The molecule has 1 heterocycles. The third kappa shape index (κ3) is 2.74. The molecule has 0 atom stereocenters. The molecule has 1 fully saturated rings. The van der Waals surface area contributed by atoms with Gasteiger partial charge in [-0.1, -0.05) is 13.8 Å². The zero-order valence-corrected chi connectivity index (χ0v) is 12.1. The molecule has 0 unspecified atom stereocenters. The van der Waals surface area contributed by atoms with Crippen molar-refractivity contribution in [2.24, 2.45) is 5.92 Å². The minimum absolute atomic E-state index is 0.0620. The lowest BCUT2D eigenvalue weighted by Gasteiger charge is -2.33. The maximum atomic E-state index is 12.4. The molecule has 0 saturated heterocycles. The first-order valence-corrected chi connectivity index (χ1v) is 7.14. The molecule has 1 aromatic heterocycles. The topological polar surface area (TPSA) is 75.0 Å². The van der Waals surface area contributed by atoms with Crippen LogP contribution in [-0.2, 0) is 6.42 Å². The van der Waals surface area contributed by atoms with Gasteiger partial charge in [-0.2, -0.15) is 5.10 Å². The molecule has 1 aromatic rings. The number of amides is 1. The number of carbonyl (C=O) groups excluding carboxylic acids is 1. The fraction of sp³-hybridized carbons (Fsp3) is 0.714. The quantitative estimate of drug-likeness (QED) is 0.879. The highest BCUT2D eigenvalue weighted by Gasteiger charge is 2.28. The number of aryl methyl sites for hydroxylation is 1. The van der Waals surface area contributed by atoms with Crippen molar-refractivity contribution >= 4 is 11.6 Å². The van der Waals surface area contributed by atoms with E-state index in [2.05, 4.69) is 17.1 Å². The van der Waals surface area contributed by atoms with Gasteiger partial charge in [-0.05, 0) is 38.0 Å². The number of nitrogen functional groups attached to an aromatic ring is 1. The predicted molar refractivity (Wildman–Crippen MR) is 75.9 cm³/mol. The molecule has 0 spiro atoms. The number of rotatable bonds is 3. The molecule has 1 aliphatic rings. The number of hydrogen-bond donors (Lipinski definition) is 2. The first-order chi connectivity index (χ1) is 9.04. The molecule has 2 rings (SSSR count). The standard InChI is InChI=1S/C14H24N4O/c1-4-11-12(15)13(17-16-11)14(19)18(3)10-7-5-9(2)6-8-10/h9-10H,4-8,15H2,1-3H3,(H,16,17). The van der Waals surface area contributed by atoms with Gasteiger partial charge in [-0.3, -0.25) is 9.89 Å². The zero-order valence-electron chi connectivity index (χ0n) is 12.1. The van der Waals surface area contributed by atoms with E-state index in [1.165, 1.54) is 12.8 Å². The van der Waals surface area contributed by atoms with Crippen molar-refractivity contribution in [3.05, 3.63) is 11.4 Å². The molecular formula is C14H24N4O. The van der Waals surface area contributed by atoms with Gasteiger partial charge in [-0.25, -0.2) is 0 Å². The van der Waals surface area contributed by atoms with Gasteiger partial charge in [-0.15, -0.1) is 0 Å². The average Bonchev–Trinajstić information content (AvgIpc) is 2.79. The van der Waals surface area contributed by atoms with Crippen LogP contribution >= 0.6 is 0 Å². The summed E-state index contributed by atoms with van der Waals surface area (Å²) in [5.74, 6) is 0.718. The monoisotopic (exact) mass is 264 g/mol. The predicted octanol–water partition coefficient (Wildman–Crippen LogP) is 2.21. The number of nitrogens with one attached hydrogen (secondary N) is 1. The first-order valence-electron chi connectivity index (χ1n) is 7.14. The number of aromatic amines is 1. The molecule has 0 aliphatic heterocycles. The smallest absolute Gasteiger partial charge is 0.276 e. The molecule has 0 bridgehead atoms. The van der Waals surface area contributed by atoms with E-state index in [1.807, 2.05) is 18.9 Å². The van der Waals surface area contributed by atoms with Crippen LogP contribution in [0.2, 0.25) is 0 Å². The summed E-state index contributed by atoms with van der Waals surface area (Å²) in [6.45, 7) is 4.27. The number of nitrogens with two attached hydrogens (primary N) is 1. The Morgan fingerprint density at radius 3 is 2.58 bits per heavy atom. The lowest BCUT2D eigenvalue weighted by atomic mass is 9.86. The largest absolute Gasteiger partial charge is 0.395 e. The molecule has 5 nitrogen and oxygen atoms in total. The minimum atomic E-state index is -0.0620. The van der Waals surface area contributed by atoms with E-state index in [0.717, 1.165) is 30.9 Å². The normalized spacial score (nSPS) is 23.3. The fourth-order valence-corrected chi connectivity index (χ4v) is 2.78. The van der Waals surface area contributed by atoms with Crippen LogP contribution in [-0.4, -0.2) is 34.1 Å². The van der Waals surface area contributed by atoms with Crippen LogP contribution in [0.4, 0.5) is 5.69 Å². The molecule has 106 valence electrons. The number of H-pyrrole nitrogens is 1. The second-order valence-corrected chi connectivity index (χ2v) is 5.65. The molecule has 5 heteroatoms. The Bertz CT molecular complexity index is 446. The van der Waals surface area contributed by atoms with Crippen molar-refractivity contribution in [2.75, 3.05) is 12.8 Å². The zero-order chi connectivity index (χ0) is 14.0. The van der Waals surface area contributed by atoms with Crippen molar-refractivity contribution in [3.63, 3.8) is 0 Å². The molecular weight excluding hydrogens is 240 g/mol. The van der Waals surface area contributed by atoms with Crippen molar-refractivity contribution in [1.29, 1.82) is 0 Å². The first kappa shape index (κ1) is 13.9. The number of aromatic nitrogens is 2. The summed E-state index contributed by atoms with van der Waals surface area (Å²) in [6.07, 6.45) is 5.30. The van der Waals surface area contributed by atoms with E-state index in [-0.39, 0.29) is 5.91 Å². The number of anilines is 1. The van der Waals surface area contributed by atoms with Gasteiger partial charge in [0.15, 0.2) is 5.69 Å². The Morgan fingerprint density at radius 2 is 2.05 bits per heavy atom. The van der Waals surface area contributed by atoms with Gasteiger partial charge in [0.2, 0.25) is 0 Å². The van der Waals surface area contributed by atoms with Gasteiger partial charge >= 0.3 is 0 Å². The van der Waals surface area contributed by atoms with Gasteiger partial charge in [0.25, 0.3) is 5.91 Å². The fourth-order valence-electron chi connectivity index (χ4n) is 2.78. The van der Waals surface area contributed by atoms with E-state index in [1.54, 1.807) is 0 Å². The summed E-state index contributed by atoms with van der Waals surface area (Å²) in [5, 5.41) is 6.92. The van der Waals surface area contributed by atoms with Crippen molar-refractivity contribution in [1.82, 2.24) is 15.1 Å². The molecule has 1 amide bonds. The maximum absolute atomic E-state index is 12.4. The lowest BCUT2D eigenvalue weighted by molar-refractivity contribution is 0.0674. The highest BCUT2D eigenvalue weighted by molar-refractivity contribution is 5.97. The van der Waals surface area contributed by atoms with E-state index < -0.39 is 0 Å². The second-order valence-electron chi connectivity index (χ2n) is 5.65. The Kier molecular flexibility index (Phi) is 4.12. The van der Waals surface area contributed by atoms with Gasteiger partial charge in [0.05, 0.1) is 11.4 Å². The third-order valence-corrected chi connectivity index (χ3v) is 4.29. The van der Waals surface area contributed by atoms with Crippen LogP contribution < -0.4 is 5.73 Å². The Labute approximate surface area is 114 Å². The highest BCUT2D eigenvalue weighted by Crippen LogP contribution is 2.27. The van der Waals surface area contributed by atoms with Crippen LogP contribution in [0.5, 0.6) is 0 Å². The average molecular weight is 264 g/mol. The molecule has 0 radical (unpaired) electrons. The van der Waals surface area contributed by atoms with Crippen molar-refractivity contribution < 1.29 is 4.79 Å². The van der Waals surface area contributed by atoms with E-state index in [9.17, 15) is 4.79 Å². The summed E-state index contributed by atoms with van der Waals surface area (Å²) >= 11 is 0. The SMILES string of the molecule is CCc1[nH]nc(C(=O)N(C)C2CCC(C)CC2)c1N. The summed E-state index contributed by atoms with van der Waals surface area (Å²) in [5.41, 5.74) is 7.68. The number of nitrogens with zero attached hydrogens (tertiary/aromatic N) is 2. The van der Waals surface area contributed by atoms with E-state index >= 15 is 0 Å². The van der Waals surface area contributed by atoms with Gasteiger partial charge < -0.3 is 10.6 Å². The third-order valence-electron chi connectivity index (χ3n) is 4.29. The summed E-state index contributed by atoms with van der Waals surface area (Å²) in [4.78, 5) is 14.3. The van der Waals surface area contributed by atoms with Crippen LogP contribution in [0.1, 0.15) is 55.7 Å². The Balaban J connectivity index is 2.08. The molecule has 3 N–H and O–H groups in total. The van der Waals surface area contributed by atoms with E-state index in [4.69, 9.17) is 5.73 Å². The highest BCUT2D eigenvalue weighted by atomic mass is 16.2.